The second-order valence-corrected chi connectivity index (χ2v) is 6.27. The number of nitrogens with one attached hydrogen (secondary N) is 1. The number of amides is 1. The van der Waals surface area contributed by atoms with Crippen LogP contribution in [0.2, 0.25) is 0 Å². The molecule has 0 saturated heterocycles. The average molecular weight is 338 g/mol. The topological polar surface area (TPSA) is 58.1 Å². The molecule has 1 N–H and O–H groups in total. The van der Waals surface area contributed by atoms with Crippen LogP contribution in [0.1, 0.15) is 15.9 Å². The number of anilines is 2. The van der Waals surface area contributed by atoms with Crippen molar-refractivity contribution in [1.29, 1.82) is 0 Å². The number of likely N-dealkylation sites (N-methyl/N-ethyl adjacent to an activating group) is 1. The van der Waals surface area contributed by atoms with E-state index in [1.807, 2.05) is 48.8 Å². The van der Waals surface area contributed by atoms with Crippen molar-refractivity contribution >= 4 is 28.1 Å². The van der Waals surface area contributed by atoms with Crippen LogP contribution in [0.4, 0.5) is 10.8 Å². The highest BCUT2D eigenvalue weighted by Crippen LogP contribution is 2.20. The predicted molar refractivity (Wildman–Crippen MR) is 96.7 cm³/mol. The lowest BCUT2D eigenvalue weighted by Crippen LogP contribution is -2.28. The van der Waals surface area contributed by atoms with Crippen LogP contribution < -0.4 is 5.32 Å². The largest absolute Gasteiger partial charge is 0.341 e. The molecule has 0 aliphatic carbocycles. The molecule has 3 aromatic rings. The third-order valence-electron chi connectivity index (χ3n) is 3.63. The van der Waals surface area contributed by atoms with E-state index in [1.165, 1.54) is 16.9 Å². The summed E-state index contributed by atoms with van der Waals surface area (Å²) >= 11 is 1.52. The Kier molecular flexibility index (Phi) is 5.18. The monoisotopic (exact) mass is 338 g/mol. The first-order valence-electron chi connectivity index (χ1n) is 7.63. The van der Waals surface area contributed by atoms with E-state index in [-0.39, 0.29) is 5.91 Å². The molecule has 0 atom stereocenters. The molecule has 6 heteroatoms. The van der Waals surface area contributed by atoms with Gasteiger partial charge in [0.1, 0.15) is 0 Å². The predicted octanol–water partition coefficient (Wildman–Crippen LogP) is 3.60. The van der Waals surface area contributed by atoms with E-state index in [4.69, 9.17) is 0 Å². The molecule has 0 aliphatic rings. The Morgan fingerprint density at radius 3 is 2.79 bits per heavy atom. The highest BCUT2D eigenvalue weighted by molar-refractivity contribution is 7.13. The van der Waals surface area contributed by atoms with Gasteiger partial charge in [0.2, 0.25) is 0 Å². The molecule has 0 unspecified atom stereocenters. The maximum atomic E-state index is 12.6. The van der Waals surface area contributed by atoms with Crippen LogP contribution in [-0.2, 0) is 6.42 Å². The first kappa shape index (κ1) is 16.1. The maximum Gasteiger partial charge on any atom is 0.253 e. The molecular weight excluding hydrogens is 320 g/mol. The van der Waals surface area contributed by atoms with Gasteiger partial charge in [-0.1, -0.05) is 6.07 Å². The smallest absolute Gasteiger partial charge is 0.253 e. The Morgan fingerprint density at radius 2 is 2.04 bits per heavy atom. The Morgan fingerprint density at radius 1 is 1.21 bits per heavy atom. The second-order valence-electron chi connectivity index (χ2n) is 5.38. The van der Waals surface area contributed by atoms with Crippen molar-refractivity contribution in [1.82, 2.24) is 14.9 Å². The summed E-state index contributed by atoms with van der Waals surface area (Å²) in [6.45, 7) is 0.660. The standard InChI is InChI=1S/C18H18N4OS/c1-22(11-7-14-5-8-19-9-6-14)17(23)15-3-2-4-16(13-15)21-18-20-10-12-24-18/h2-6,8-10,12-13H,7,11H2,1H3,(H,20,21). The minimum Gasteiger partial charge on any atom is -0.341 e. The average Bonchev–Trinajstić information content (AvgIpc) is 3.13. The molecular formula is C18H18N4OS. The molecule has 0 radical (unpaired) electrons. The van der Waals surface area contributed by atoms with Crippen molar-refractivity contribution in [3.05, 3.63) is 71.5 Å². The summed E-state index contributed by atoms with van der Waals surface area (Å²) in [7, 11) is 1.82. The van der Waals surface area contributed by atoms with Crippen molar-refractivity contribution < 1.29 is 4.79 Å². The summed E-state index contributed by atoms with van der Waals surface area (Å²) in [5.74, 6) is 0.00634. The normalized spacial score (nSPS) is 10.4. The van der Waals surface area contributed by atoms with Gasteiger partial charge in [0.15, 0.2) is 5.13 Å². The molecule has 1 amide bonds. The number of hydrogen-bond acceptors (Lipinski definition) is 5. The number of rotatable bonds is 6. The van der Waals surface area contributed by atoms with Crippen LogP contribution >= 0.6 is 11.3 Å². The molecule has 1 aromatic carbocycles. The minimum absolute atomic E-state index is 0.00634. The van der Waals surface area contributed by atoms with Crippen molar-refractivity contribution in [3.8, 4) is 0 Å². The van der Waals surface area contributed by atoms with Crippen LogP contribution in [0.5, 0.6) is 0 Å². The molecule has 5 nitrogen and oxygen atoms in total. The summed E-state index contributed by atoms with van der Waals surface area (Å²) in [6, 6.07) is 11.4. The van der Waals surface area contributed by atoms with Gasteiger partial charge in [0, 0.05) is 48.8 Å². The SMILES string of the molecule is CN(CCc1ccncc1)C(=O)c1cccc(Nc2nccs2)c1. The van der Waals surface area contributed by atoms with E-state index < -0.39 is 0 Å². The van der Waals surface area contributed by atoms with Gasteiger partial charge in [-0.3, -0.25) is 9.78 Å². The molecule has 122 valence electrons. The number of carbonyl (C=O) groups excluding carboxylic acids is 1. The summed E-state index contributed by atoms with van der Waals surface area (Å²) in [4.78, 5) is 22.5. The van der Waals surface area contributed by atoms with Crippen molar-refractivity contribution in [2.75, 3.05) is 18.9 Å². The fourth-order valence-electron chi connectivity index (χ4n) is 2.31. The summed E-state index contributed by atoms with van der Waals surface area (Å²) in [5, 5.41) is 5.92. The Bertz CT molecular complexity index is 790. The third kappa shape index (κ3) is 4.17. The summed E-state index contributed by atoms with van der Waals surface area (Å²) < 4.78 is 0. The van der Waals surface area contributed by atoms with Crippen LogP contribution in [0.3, 0.4) is 0 Å². The number of aromatic nitrogens is 2. The molecule has 0 saturated carbocycles. The number of benzene rings is 1. The number of carbonyl (C=O) groups is 1. The van der Waals surface area contributed by atoms with Gasteiger partial charge in [-0.05, 0) is 42.3 Å². The van der Waals surface area contributed by atoms with Crippen LogP contribution in [0.25, 0.3) is 0 Å². The minimum atomic E-state index is 0.00634. The number of pyridine rings is 1. The van der Waals surface area contributed by atoms with Crippen LogP contribution in [0, 0.1) is 0 Å². The van der Waals surface area contributed by atoms with E-state index in [0.29, 0.717) is 12.1 Å². The fourth-order valence-corrected chi connectivity index (χ4v) is 2.86. The van der Waals surface area contributed by atoms with Crippen molar-refractivity contribution in [3.63, 3.8) is 0 Å². The van der Waals surface area contributed by atoms with E-state index in [9.17, 15) is 4.79 Å². The third-order valence-corrected chi connectivity index (χ3v) is 4.31. The lowest BCUT2D eigenvalue weighted by molar-refractivity contribution is 0.0796. The van der Waals surface area contributed by atoms with Gasteiger partial charge in [-0.2, -0.15) is 0 Å². The first-order valence-corrected chi connectivity index (χ1v) is 8.51. The van der Waals surface area contributed by atoms with Gasteiger partial charge in [0.25, 0.3) is 5.91 Å². The highest BCUT2D eigenvalue weighted by Gasteiger charge is 2.12. The molecule has 3 rings (SSSR count). The summed E-state index contributed by atoms with van der Waals surface area (Å²) in [6.07, 6.45) is 6.09. The van der Waals surface area contributed by atoms with E-state index in [0.717, 1.165) is 17.2 Å². The first-order chi connectivity index (χ1) is 11.7. The van der Waals surface area contributed by atoms with Gasteiger partial charge < -0.3 is 10.2 Å². The fraction of sp³-hybridized carbons (Fsp3) is 0.167. The zero-order valence-corrected chi connectivity index (χ0v) is 14.2. The van der Waals surface area contributed by atoms with E-state index >= 15 is 0 Å². The second kappa shape index (κ2) is 7.70. The Labute approximate surface area is 145 Å². The molecule has 0 spiro atoms. The van der Waals surface area contributed by atoms with Gasteiger partial charge in [0.05, 0.1) is 0 Å². The quantitative estimate of drug-likeness (QED) is 0.746. The van der Waals surface area contributed by atoms with Gasteiger partial charge in [-0.15, -0.1) is 11.3 Å². The van der Waals surface area contributed by atoms with Crippen LogP contribution in [0.15, 0.2) is 60.4 Å². The maximum absolute atomic E-state index is 12.6. The molecule has 2 heterocycles. The molecule has 24 heavy (non-hydrogen) atoms. The molecule has 2 aromatic heterocycles. The lowest BCUT2D eigenvalue weighted by atomic mass is 10.1. The lowest BCUT2D eigenvalue weighted by Gasteiger charge is -2.17. The van der Waals surface area contributed by atoms with E-state index in [1.54, 1.807) is 23.5 Å². The van der Waals surface area contributed by atoms with Gasteiger partial charge >= 0.3 is 0 Å². The van der Waals surface area contributed by atoms with Crippen molar-refractivity contribution in [2.45, 2.75) is 6.42 Å². The Hall–Kier alpha value is -2.73. The number of nitrogens with zero attached hydrogens (tertiary/aromatic N) is 3. The van der Waals surface area contributed by atoms with Crippen molar-refractivity contribution in [2.24, 2.45) is 0 Å². The number of hydrogen-bond donors (Lipinski definition) is 1. The van der Waals surface area contributed by atoms with E-state index in [2.05, 4.69) is 15.3 Å². The highest BCUT2D eigenvalue weighted by atomic mass is 32.1. The number of thiazole rings is 1. The zero-order chi connectivity index (χ0) is 16.8. The molecule has 0 aliphatic heterocycles. The molecule has 0 fully saturated rings. The summed E-state index contributed by atoms with van der Waals surface area (Å²) in [5.41, 5.74) is 2.69. The zero-order valence-electron chi connectivity index (χ0n) is 13.3. The molecule has 0 bridgehead atoms. The van der Waals surface area contributed by atoms with Crippen LogP contribution in [-0.4, -0.2) is 34.4 Å². The Balaban J connectivity index is 1.63. The van der Waals surface area contributed by atoms with Gasteiger partial charge in [-0.25, -0.2) is 4.98 Å².